The third-order valence-electron chi connectivity index (χ3n) is 22.6. The summed E-state index contributed by atoms with van der Waals surface area (Å²) in [4.78, 5) is 108. The number of piperidine rings is 4. The number of carbonyl (C=O) groups excluding carboxylic acids is 8. The number of aromatic nitrogens is 1. The standard InChI is InChI=1S/3C22H23FN2O3.C21H17FN2O2.C6H11NO2.CH3FS/c3*23-18-7-5-17(6-8-18)21-19-4-2-1-3-16(19)10-12-25(21)22(27)28-14-15-9-11-24-20(26)13-15;22-17-10-8-16(9-11-17)20-18-6-2-1-5-15(18)12-14-24(20)21(25)26-19-7-3-4-13-23-19;8-4-5-1-2-7-6(9)3-5;1-3-2/h3*1-8,15,21H,9-14H2,(H,24,26);1-11,13,20H,12,14H2;5,8H,1-4H2,(H,7,9);1H3/t15?,21-;15-,21+;15-,21-;20-;;/m0100../s1. The van der Waals surface area contributed by atoms with E-state index in [2.05, 4.69) is 50.5 Å². The van der Waals surface area contributed by atoms with Gasteiger partial charge in [-0.1, -0.05) is 152 Å². The molecule has 5 N–H and O–H groups in total. The first-order valence-corrected chi connectivity index (χ1v) is 42.3. The van der Waals surface area contributed by atoms with Gasteiger partial charge >= 0.3 is 24.4 Å². The Hall–Kier alpha value is -12.2. The number of ether oxygens (including phenoxy) is 4. The lowest BCUT2D eigenvalue weighted by Crippen LogP contribution is -2.42. The van der Waals surface area contributed by atoms with Crippen LogP contribution in [0.2, 0.25) is 0 Å². The first kappa shape index (κ1) is 89.1. The molecule has 122 heavy (non-hydrogen) atoms. The van der Waals surface area contributed by atoms with E-state index in [1.165, 1.54) is 77.0 Å². The molecular formula is C94H100F5N9O13S. The van der Waals surface area contributed by atoms with Crippen LogP contribution in [0.5, 0.6) is 5.88 Å². The molecule has 8 atom stereocenters. The van der Waals surface area contributed by atoms with Crippen LogP contribution in [0, 0.1) is 46.9 Å². The topological polar surface area (TPSA) is 268 Å². The van der Waals surface area contributed by atoms with E-state index in [4.69, 9.17) is 24.1 Å². The molecular weight excluding hydrogens is 1590 g/mol. The van der Waals surface area contributed by atoms with Gasteiger partial charge in [0.15, 0.2) is 0 Å². The minimum absolute atomic E-state index is 0.00314. The fourth-order valence-electron chi connectivity index (χ4n) is 16.4. The number of halogens is 5. The van der Waals surface area contributed by atoms with Gasteiger partial charge in [0.25, 0.3) is 0 Å². The highest BCUT2D eigenvalue weighted by molar-refractivity contribution is 7.93. The second-order valence-electron chi connectivity index (χ2n) is 30.8. The van der Waals surface area contributed by atoms with Crippen molar-refractivity contribution >= 4 is 60.1 Å². The number of benzene rings is 8. The number of rotatable bonds is 12. The van der Waals surface area contributed by atoms with E-state index < -0.39 is 24.4 Å². The van der Waals surface area contributed by atoms with Gasteiger partial charge in [-0.2, -0.15) is 3.89 Å². The summed E-state index contributed by atoms with van der Waals surface area (Å²) < 4.78 is 86.1. The van der Waals surface area contributed by atoms with Gasteiger partial charge in [0, 0.05) is 133 Å². The molecule has 9 aromatic rings. The molecule has 640 valence electrons. The molecule has 17 rings (SSSR count). The maximum atomic E-state index is 13.4. The lowest BCUT2D eigenvalue weighted by atomic mass is 9.88. The highest BCUT2D eigenvalue weighted by Gasteiger charge is 2.39. The van der Waals surface area contributed by atoms with Crippen molar-refractivity contribution in [2.75, 3.05) is 85.0 Å². The normalized spacial score (nSPS) is 20.5. The molecule has 8 aliphatic rings. The van der Waals surface area contributed by atoms with Crippen LogP contribution in [0.1, 0.15) is 142 Å². The van der Waals surface area contributed by atoms with Crippen molar-refractivity contribution in [2.45, 2.75) is 101 Å². The first-order valence-electron chi connectivity index (χ1n) is 41.2. The number of amides is 8. The Balaban J connectivity index is 0.000000142. The Morgan fingerprint density at radius 2 is 0.631 bits per heavy atom. The van der Waals surface area contributed by atoms with Crippen LogP contribution in [0.4, 0.5) is 40.6 Å². The second kappa shape index (κ2) is 44.4. The summed E-state index contributed by atoms with van der Waals surface area (Å²) in [5.74, 6) is -0.520. The highest BCUT2D eigenvalue weighted by atomic mass is 32.2. The molecule has 28 heteroatoms. The average Bonchev–Trinajstić information content (AvgIpc) is 0.793. The molecule has 8 amide bonds. The van der Waals surface area contributed by atoms with E-state index in [0.29, 0.717) is 71.5 Å². The van der Waals surface area contributed by atoms with Gasteiger partial charge < -0.3 is 45.3 Å². The summed E-state index contributed by atoms with van der Waals surface area (Å²) in [5, 5.41) is 19.7. The molecule has 2 unspecified atom stereocenters. The predicted octanol–water partition coefficient (Wildman–Crippen LogP) is 15.4. The summed E-state index contributed by atoms with van der Waals surface area (Å²) in [6.07, 6.45) is 9.28. The van der Waals surface area contributed by atoms with E-state index in [9.17, 15) is 59.8 Å². The van der Waals surface area contributed by atoms with E-state index in [1.807, 2.05) is 72.8 Å². The zero-order valence-corrected chi connectivity index (χ0v) is 68.6. The third kappa shape index (κ3) is 24.3. The summed E-state index contributed by atoms with van der Waals surface area (Å²) in [7, 11) is 0. The van der Waals surface area contributed by atoms with Crippen LogP contribution in [0.25, 0.3) is 0 Å². The smallest absolute Gasteiger partial charge is 0.417 e. The summed E-state index contributed by atoms with van der Waals surface area (Å²) in [6.45, 7) is 5.56. The molecule has 8 aromatic carbocycles. The summed E-state index contributed by atoms with van der Waals surface area (Å²) >= 11 is 0.250. The zero-order valence-electron chi connectivity index (χ0n) is 67.8. The van der Waals surface area contributed by atoms with Crippen LogP contribution >= 0.6 is 12.1 Å². The third-order valence-corrected chi connectivity index (χ3v) is 22.6. The van der Waals surface area contributed by atoms with E-state index in [0.717, 1.165) is 102 Å². The summed E-state index contributed by atoms with van der Waals surface area (Å²) in [5.41, 5.74) is 12.3. The van der Waals surface area contributed by atoms with Gasteiger partial charge in [0.05, 0.1) is 44.0 Å². The maximum Gasteiger partial charge on any atom is 0.417 e. The number of aliphatic hydroxyl groups is 1. The van der Waals surface area contributed by atoms with Crippen LogP contribution < -0.4 is 26.0 Å². The lowest BCUT2D eigenvalue weighted by Gasteiger charge is -2.37. The molecule has 0 radical (unpaired) electrons. The van der Waals surface area contributed by atoms with Crippen molar-refractivity contribution in [3.05, 3.63) is 309 Å². The number of fused-ring (bicyclic) bond motifs is 4. The fraction of sp³-hybridized carbons (Fsp3) is 0.351. The van der Waals surface area contributed by atoms with Crippen molar-refractivity contribution in [1.82, 2.24) is 45.9 Å². The van der Waals surface area contributed by atoms with Crippen molar-refractivity contribution in [3.8, 4) is 5.88 Å². The number of hydrogen-bond acceptors (Lipinski definition) is 15. The Labute approximate surface area is 710 Å². The predicted molar refractivity (Wildman–Crippen MR) is 449 cm³/mol. The molecule has 4 saturated heterocycles. The van der Waals surface area contributed by atoms with Crippen LogP contribution in [0.15, 0.2) is 219 Å². The van der Waals surface area contributed by atoms with Crippen molar-refractivity contribution in [2.24, 2.45) is 23.7 Å². The number of carbonyl (C=O) groups is 8. The van der Waals surface area contributed by atoms with Gasteiger partial charge in [-0.25, -0.2) is 41.7 Å². The minimum Gasteiger partial charge on any atom is -0.449 e. The Morgan fingerprint density at radius 1 is 0.377 bits per heavy atom. The van der Waals surface area contributed by atoms with Crippen molar-refractivity contribution in [3.63, 3.8) is 0 Å². The maximum absolute atomic E-state index is 13.4. The number of pyridine rings is 1. The van der Waals surface area contributed by atoms with E-state index in [-0.39, 0.29) is 139 Å². The average molecular weight is 1690 g/mol. The molecule has 22 nitrogen and oxygen atoms in total. The van der Waals surface area contributed by atoms with Gasteiger partial charge in [0.1, 0.15) is 23.3 Å². The van der Waals surface area contributed by atoms with Crippen molar-refractivity contribution in [1.29, 1.82) is 0 Å². The second-order valence-corrected chi connectivity index (χ2v) is 31.1. The minimum atomic E-state index is -0.465. The molecule has 9 heterocycles. The molecule has 0 aliphatic carbocycles. The lowest BCUT2D eigenvalue weighted by molar-refractivity contribution is -0.124. The van der Waals surface area contributed by atoms with E-state index >= 15 is 0 Å². The largest absolute Gasteiger partial charge is 0.449 e. The zero-order chi connectivity index (χ0) is 85.9. The quantitative estimate of drug-likeness (QED) is 0.0562. The van der Waals surface area contributed by atoms with Crippen LogP contribution in [-0.2, 0) is 59.1 Å². The van der Waals surface area contributed by atoms with Gasteiger partial charge in [-0.05, 0) is 179 Å². The number of nitrogens with one attached hydrogen (secondary N) is 4. The van der Waals surface area contributed by atoms with Gasteiger partial charge in [-0.15, -0.1) is 0 Å². The Bertz CT molecular complexity index is 4660. The highest BCUT2D eigenvalue weighted by Crippen LogP contribution is 2.41. The Kier molecular flexibility index (Phi) is 32.4. The molecule has 4 fully saturated rings. The molecule has 8 aliphatic heterocycles. The monoisotopic (exact) mass is 1690 g/mol. The molecule has 1 aromatic heterocycles. The first-order chi connectivity index (χ1) is 59.3. The summed E-state index contributed by atoms with van der Waals surface area (Å²) in [6, 6.07) is 61.0. The molecule has 0 saturated carbocycles. The number of nitrogens with zero attached hydrogens (tertiary/aromatic N) is 5. The number of aliphatic hydroxyl groups excluding tert-OH is 1. The Morgan fingerprint density at radius 3 is 0.885 bits per heavy atom. The fourth-order valence-corrected chi connectivity index (χ4v) is 16.4. The van der Waals surface area contributed by atoms with E-state index in [1.54, 1.807) is 92.5 Å². The molecule has 0 bridgehead atoms. The van der Waals surface area contributed by atoms with Gasteiger partial charge in [0.2, 0.25) is 29.5 Å². The SMILES string of the molecule is CSF.O=C(Oc1ccccn1)N1CCc2ccccc2[C@@H]1c1ccc(F)cc1.O=C1CC(CO)CCN1.O=C1CC(COC(=O)N2CCc3ccccc3[C@@H]2c2ccc(F)cc2)CCN1.O=C1C[C@@H](COC(=O)N2CCc3ccccc3[C@@H]2c2ccc(F)cc2)CCN1.O=C1C[C@H](COC(=O)N2CCc3ccccc3[C@@H]2c2ccc(F)cc2)CCN1. The van der Waals surface area contributed by atoms with Crippen molar-refractivity contribution < 1.29 is 83.9 Å². The number of hydrogen-bond donors (Lipinski definition) is 5. The van der Waals surface area contributed by atoms with Gasteiger partial charge in [-0.3, -0.25) is 38.8 Å². The molecule has 0 spiro atoms. The van der Waals surface area contributed by atoms with Crippen LogP contribution in [-0.4, -0.2) is 163 Å². The van der Waals surface area contributed by atoms with Crippen LogP contribution in [0.3, 0.4) is 0 Å².